The maximum absolute atomic E-state index is 12.6. The SMILES string of the molecule is NNc1cccc(C(=O)N2CC3CCC(C2)O3)c1[N+](=O)[O-]. The first-order chi connectivity index (χ1) is 10.1. The highest BCUT2D eigenvalue weighted by Gasteiger charge is 2.37. The minimum Gasteiger partial charge on any atom is -0.371 e. The van der Waals surface area contributed by atoms with Gasteiger partial charge < -0.3 is 15.1 Å². The Kier molecular flexibility index (Phi) is 3.48. The number of hydrogen-bond donors (Lipinski definition) is 2. The molecule has 2 fully saturated rings. The fourth-order valence-corrected chi connectivity index (χ4v) is 2.98. The maximum atomic E-state index is 12.6. The molecule has 2 bridgehead atoms. The fraction of sp³-hybridized carbons (Fsp3) is 0.462. The van der Waals surface area contributed by atoms with E-state index < -0.39 is 4.92 Å². The van der Waals surface area contributed by atoms with Gasteiger partial charge in [-0.3, -0.25) is 20.8 Å². The molecule has 21 heavy (non-hydrogen) atoms. The van der Waals surface area contributed by atoms with Crippen molar-refractivity contribution in [1.82, 2.24) is 4.90 Å². The summed E-state index contributed by atoms with van der Waals surface area (Å²) >= 11 is 0. The number of nitro groups is 1. The summed E-state index contributed by atoms with van der Waals surface area (Å²) in [5, 5.41) is 11.2. The number of nitro benzene ring substituents is 1. The van der Waals surface area contributed by atoms with Gasteiger partial charge in [0.05, 0.1) is 17.1 Å². The lowest BCUT2D eigenvalue weighted by molar-refractivity contribution is -0.384. The summed E-state index contributed by atoms with van der Waals surface area (Å²) in [6.45, 7) is 0.958. The molecule has 2 aliphatic heterocycles. The molecule has 3 N–H and O–H groups in total. The Balaban J connectivity index is 1.93. The molecule has 2 unspecified atom stereocenters. The lowest BCUT2D eigenvalue weighted by Crippen LogP contribution is -2.46. The number of amides is 1. The Morgan fingerprint density at radius 2 is 2.05 bits per heavy atom. The van der Waals surface area contributed by atoms with Gasteiger partial charge in [-0.2, -0.15) is 0 Å². The summed E-state index contributed by atoms with van der Waals surface area (Å²) in [5.74, 6) is 4.94. The van der Waals surface area contributed by atoms with Gasteiger partial charge in [-0.05, 0) is 25.0 Å². The third-order valence-electron chi connectivity index (χ3n) is 3.94. The molecular weight excluding hydrogens is 276 g/mol. The predicted molar refractivity (Wildman–Crippen MR) is 74.7 cm³/mol. The van der Waals surface area contributed by atoms with Gasteiger partial charge in [0.15, 0.2) is 0 Å². The van der Waals surface area contributed by atoms with E-state index in [9.17, 15) is 14.9 Å². The summed E-state index contributed by atoms with van der Waals surface area (Å²) < 4.78 is 5.68. The van der Waals surface area contributed by atoms with Crippen LogP contribution >= 0.6 is 0 Å². The highest BCUT2D eigenvalue weighted by atomic mass is 16.6. The molecule has 0 radical (unpaired) electrons. The molecule has 3 rings (SSSR count). The Morgan fingerprint density at radius 3 is 2.62 bits per heavy atom. The molecule has 112 valence electrons. The van der Waals surface area contributed by atoms with E-state index in [2.05, 4.69) is 5.43 Å². The van der Waals surface area contributed by atoms with Crippen molar-refractivity contribution < 1.29 is 14.5 Å². The molecule has 0 spiro atoms. The van der Waals surface area contributed by atoms with Gasteiger partial charge >= 0.3 is 5.69 Å². The number of ether oxygens (including phenoxy) is 1. The second kappa shape index (κ2) is 5.30. The number of likely N-dealkylation sites (tertiary alicyclic amines) is 1. The van der Waals surface area contributed by atoms with Gasteiger partial charge in [-0.1, -0.05) is 6.07 Å². The number of nitrogen functional groups attached to an aromatic ring is 1. The minimum absolute atomic E-state index is 0.0440. The first kappa shape index (κ1) is 13.8. The standard InChI is InChI=1S/C13H16N4O4/c14-15-11-3-1-2-10(12(11)17(19)20)13(18)16-6-8-4-5-9(7-16)21-8/h1-3,8-9,15H,4-7,14H2. The lowest BCUT2D eigenvalue weighted by Gasteiger charge is -2.32. The van der Waals surface area contributed by atoms with Crippen LogP contribution in [0.5, 0.6) is 0 Å². The normalized spacial score (nSPS) is 24.0. The molecule has 2 heterocycles. The topological polar surface area (TPSA) is 111 Å². The summed E-state index contributed by atoms with van der Waals surface area (Å²) in [6, 6.07) is 4.50. The van der Waals surface area contributed by atoms with E-state index in [0.29, 0.717) is 13.1 Å². The Morgan fingerprint density at radius 1 is 1.38 bits per heavy atom. The summed E-state index contributed by atoms with van der Waals surface area (Å²) in [4.78, 5) is 24.9. The highest BCUT2D eigenvalue weighted by Crippen LogP contribution is 2.31. The van der Waals surface area contributed by atoms with Crippen LogP contribution in [-0.2, 0) is 4.74 Å². The lowest BCUT2D eigenvalue weighted by atomic mass is 10.1. The van der Waals surface area contributed by atoms with Crippen molar-refractivity contribution >= 4 is 17.3 Å². The minimum atomic E-state index is -0.586. The summed E-state index contributed by atoms with van der Waals surface area (Å²) in [5.41, 5.74) is 2.16. The number of fused-ring (bicyclic) bond motifs is 2. The first-order valence-corrected chi connectivity index (χ1v) is 6.79. The molecule has 1 aromatic carbocycles. The fourth-order valence-electron chi connectivity index (χ4n) is 2.98. The third kappa shape index (κ3) is 2.43. The van der Waals surface area contributed by atoms with Gasteiger partial charge in [0, 0.05) is 13.1 Å². The van der Waals surface area contributed by atoms with E-state index in [1.807, 2.05) is 0 Å². The molecule has 2 atom stereocenters. The number of rotatable bonds is 3. The highest BCUT2D eigenvalue weighted by molar-refractivity contribution is 6.00. The van der Waals surface area contributed by atoms with Crippen LogP contribution < -0.4 is 11.3 Å². The van der Waals surface area contributed by atoms with E-state index in [-0.39, 0.29) is 35.1 Å². The van der Waals surface area contributed by atoms with Crippen LogP contribution in [0.4, 0.5) is 11.4 Å². The van der Waals surface area contributed by atoms with E-state index in [0.717, 1.165) is 12.8 Å². The largest absolute Gasteiger partial charge is 0.371 e. The number of carbonyl (C=O) groups is 1. The number of anilines is 1. The Labute approximate surface area is 121 Å². The van der Waals surface area contributed by atoms with E-state index in [1.54, 1.807) is 11.0 Å². The van der Waals surface area contributed by atoms with Crippen molar-refractivity contribution in [2.24, 2.45) is 5.84 Å². The smallest absolute Gasteiger partial charge is 0.306 e. The number of carbonyl (C=O) groups excluding carboxylic acids is 1. The van der Waals surface area contributed by atoms with E-state index >= 15 is 0 Å². The number of nitrogens with one attached hydrogen (secondary N) is 1. The number of nitrogens with zero attached hydrogens (tertiary/aromatic N) is 2. The molecule has 0 aliphatic carbocycles. The van der Waals surface area contributed by atoms with Crippen molar-refractivity contribution in [3.63, 3.8) is 0 Å². The number of para-hydroxylation sites is 1. The zero-order chi connectivity index (χ0) is 15.0. The molecule has 1 amide bonds. The van der Waals surface area contributed by atoms with Crippen LogP contribution in [0.1, 0.15) is 23.2 Å². The molecule has 8 nitrogen and oxygen atoms in total. The van der Waals surface area contributed by atoms with Gasteiger partial charge in [-0.15, -0.1) is 0 Å². The van der Waals surface area contributed by atoms with Crippen LogP contribution in [0, 0.1) is 10.1 Å². The summed E-state index contributed by atoms with van der Waals surface area (Å²) in [7, 11) is 0. The van der Waals surface area contributed by atoms with E-state index in [4.69, 9.17) is 10.6 Å². The molecule has 2 saturated heterocycles. The number of morpholine rings is 1. The zero-order valence-electron chi connectivity index (χ0n) is 11.3. The van der Waals surface area contributed by atoms with Gasteiger partial charge in [0.25, 0.3) is 5.91 Å². The average molecular weight is 292 g/mol. The predicted octanol–water partition coefficient (Wildman–Crippen LogP) is 0.884. The first-order valence-electron chi connectivity index (χ1n) is 6.79. The monoisotopic (exact) mass is 292 g/mol. The van der Waals surface area contributed by atoms with Crippen molar-refractivity contribution in [2.45, 2.75) is 25.0 Å². The third-order valence-corrected chi connectivity index (χ3v) is 3.94. The number of benzene rings is 1. The average Bonchev–Trinajstić information content (AvgIpc) is 2.83. The number of hydrazine groups is 1. The van der Waals surface area contributed by atoms with Gasteiger partial charge in [-0.25, -0.2) is 0 Å². The number of nitrogens with two attached hydrogens (primary N) is 1. The van der Waals surface area contributed by atoms with Crippen LogP contribution in [0.2, 0.25) is 0 Å². The molecule has 8 heteroatoms. The van der Waals surface area contributed by atoms with Crippen molar-refractivity contribution in [3.8, 4) is 0 Å². The summed E-state index contributed by atoms with van der Waals surface area (Å²) in [6.07, 6.45) is 1.95. The molecule has 1 aromatic rings. The van der Waals surface area contributed by atoms with Gasteiger partial charge in [0.1, 0.15) is 11.3 Å². The number of hydrogen-bond acceptors (Lipinski definition) is 6. The second-order valence-corrected chi connectivity index (χ2v) is 5.27. The maximum Gasteiger partial charge on any atom is 0.306 e. The van der Waals surface area contributed by atoms with Gasteiger partial charge in [0.2, 0.25) is 0 Å². The van der Waals surface area contributed by atoms with Crippen LogP contribution in [-0.4, -0.2) is 41.0 Å². The van der Waals surface area contributed by atoms with Crippen LogP contribution in [0.25, 0.3) is 0 Å². The van der Waals surface area contributed by atoms with Crippen molar-refractivity contribution in [2.75, 3.05) is 18.5 Å². The Hall–Kier alpha value is -2.19. The molecule has 0 saturated carbocycles. The quantitative estimate of drug-likeness (QED) is 0.486. The van der Waals surface area contributed by atoms with E-state index in [1.165, 1.54) is 12.1 Å². The van der Waals surface area contributed by atoms with Crippen molar-refractivity contribution in [1.29, 1.82) is 0 Å². The second-order valence-electron chi connectivity index (χ2n) is 5.27. The molecule has 2 aliphatic rings. The Bertz CT molecular complexity index is 580. The zero-order valence-corrected chi connectivity index (χ0v) is 11.3. The van der Waals surface area contributed by atoms with Crippen LogP contribution in [0.3, 0.4) is 0 Å². The van der Waals surface area contributed by atoms with Crippen LogP contribution in [0.15, 0.2) is 18.2 Å². The molecule has 0 aromatic heterocycles. The van der Waals surface area contributed by atoms with Crippen molar-refractivity contribution in [3.05, 3.63) is 33.9 Å². The molecular formula is C13H16N4O4.